The van der Waals surface area contributed by atoms with Gasteiger partial charge in [0.1, 0.15) is 0 Å². The molecule has 0 saturated heterocycles. The predicted molar refractivity (Wildman–Crippen MR) is 106 cm³/mol. The van der Waals surface area contributed by atoms with Gasteiger partial charge in [-0.2, -0.15) is 0 Å². The van der Waals surface area contributed by atoms with Crippen molar-refractivity contribution >= 4 is 23.4 Å². The van der Waals surface area contributed by atoms with Crippen molar-refractivity contribution in [2.75, 3.05) is 18.4 Å². The summed E-state index contributed by atoms with van der Waals surface area (Å²) in [6, 6.07) is 15.3. The maximum atomic E-state index is 12.9. The van der Waals surface area contributed by atoms with Gasteiger partial charge in [0, 0.05) is 22.2 Å². The largest absolute Gasteiger partial charge is 0.454 e. The Morgan fingerprint density at radius 3 is 2.61 bits per heavy atom. The highest BCUT2D eigenvalue weighted by atomic mass is 32.2. The van der Waals surface area contributed by atoms with Gasteiger partial charge >= 0.3 is 0 Å². The van der Waals surface area contributed by atoms with E-state index < -0.39 is 5.41 Å². The molecule has 7 heteroatoms. The number of fused-ring (bicyclic) bond motifs is 1. The van der Waals surface area contributed by atoms with Crippen LogP contribution in [0.25, 0.3) is 11.3 Å². The summed E-state index contributed by atoms with van der Waals surface area (Å²) in [5.41, 5.74) is 1.68. The number of anilines is 1. The van der Waals surface area contributed by atoms with E-state index in [1.54, 1.807) is 11.8 Å². The van der Waals surface area contributed by atoms with Crippen LogP contribution in [0.4, 0.5) is 5.69 Å². The Labute approximate surface area is 166 Å². The monoisotopic (exact) mass is 394 g/mol. The summed E-state index contributed by atoms with van der Waals surface area (Å²) in [6.45, 7) is 0.224. The van der Waals surface area contributed by atoms with E-state index in [0.29, 0.717) is 23.0 Å². The number of nitrogens with zero attached hydrogens (tertiary/aromatic N) is 1. The molecule has 1 aliphatic heterocycles. The van der Waals surface area contributed by atoms with Crippen LogP contribution in [0.2, 0.25) is 0 Å². The average Bonchev–Trinajstić information content (AvgIpc) is 3.16. The maximum Gasteiger partial charge on any atom is 0.236 e. The Morgan fingerprint density at radius 1 is 1.07 bits per heavy atom. The predicted octanol–water partition coefficient (Wildman–Crippen LogP) is 4.46. The summed E-state index contributed by atoms with van der Waals surface area (Å²) in [5, 5.41) is 7.21. The average molecular weight is 394 g/mol. The zero-order valence-corrected chi connectivity index (χ0v) is 16.0. The number of aromatic nitrogens is 1. The first-order chi connectivity index (χ1) is 13.7. The molecule has 0 spiro atoms. The van der Waals surface area contributed by atoms with Gasteiger partial charge in [-0.15, -0.1) is 11.8 Å². The van der Waals surface area contributed by atoms with Gasteiger partial charge < -0.3 is 19.3 Å². The van der Waals surface area contributed by atoms with Gasteiger partial charge in [-0.1, -0.05) is 5.16 Å². The Balaban J connectivity index is 1.36. The van der Waals surface area contributed by atoms with E-state index in [0.717, 1.165) is 29.0 Å². The molecule has 142 valence electrons. The number of rotatable bonds is 5. The number of ether oxygens (including phenoxy) is 2. The molecule has 1 amide bonds. The normalized spacial score (nSPS) is 16.0. The van der Waals surface area contributed by atoms with E-state index in [9.17, 15) is 4.79 Å². The fourth-order valence-corrected chi connectivity index (χ4v) is 3.74. The lowest BCUT2D eigenvalue weighted by atomic mass is 10.00. The molecule has 0 atom stereocenters. The highest BCUT2D eigenvalue weighted by Crippen LogP contribution is 2.49. The Morgan fingerprint density at radius 2 is 1.86 bits per heavy atom. The van der Waals surface area contributed by atoms with Crippen LogP contribution in [0.3, 0.4) is 0 Å². The molecule has 1 N–H and O–H groups in total. The molecule has 2 heterocycles. The van der Waals surface area contributed by atoms with Crippen LogP contribution in [-0.4, -0.2) is 24.1 Å². The van der Waals surface area contributed by atoms with Crippen molar-refractivity contribution < 1.29 is 18.8 Å². The molecule has 1 saturated carbocycles. The van der Waals surface area contributed by atoms with Gasteiger partial charge in [0.15, 0.2) is 17.3 Å². The fourth-order valence-electron chi connectivity index (χ4n) is 3.34. The van der Waals surface area contributed by atoms with Crippen molar-refractivity contribution in [2.45, 2.75) is 23.2 Å². The number of benzene rings is 2. The Hall–Kier alpha value is -2.93. The van der Waals surface area contributed by atoms with Crippen molar-refractivity contribution in [1.82, 2.24) is 5.16 Å². The van der Waals surface area contributed by atoms with Gasteiger partial charge in [0.25, 0.3) is 0 Å². The van der Waals surface area contributed by atoms with Crippen LogP contribution in [0.15, 0.2) is 57.9 Å². The lowest BCUT2D eigenvalue weighted by molar-refractivity contribution is -0.118. The summed E-state index contributed by atoms with van der Waals surface area (Å²) < 4.78 is 16.3. The van der Waals surface area contributed by atoms with Gasteiger partial charge in [0.05, 0.1) is 11.1 Å². The first-order valence-corrected chi connectivity index (χ1v) is 10.2. The lowest BCUT2D eigenvalue weighted by Gasteiger charge is -2.12. The molecule has 5 rings (SSSR count). The smallest absolute Gasteiger partial charge is 0.236 e. The van der Waals surface area contributed by atoms with Crippen LogP contribution < -0.4 is 14.8 Å². The molecule has 1 aliphatic carbocycles. The third kappa shape index (κ3) is 2.92. The first-order valence-electron chi connectivity index (χ1n) is 9.01. The third-order valence-electron chi connectivity index (χ3n) is 5.19. The SMILES string of the molecule is CSc1ccc(NC(=O)C2(c3cc(-c4ccc5c(c4)OCO5)on3)CC2)cc1. The van der Waals surface area contributed by atoms with E-state index in [2.05, 4.69) is 10.5 Å². The van der Waals surface area contributed by atoms with Crippen molar-refractivity contribution in [3.63, 3.8) is 0 Å². The third-order valence-corrected chi connectivity index (χ3v) is 5.93. The topological polar surface area (TPSA) is 73.6 Å². The number of carbonyl (C=O) groups excluding carboxylic acids is 1. The van der Waals surface area contributed by atoms with Crippen molar-refractivity contribution in [3.05, 3.63) is 54.2 Å². The quantitative estimate of drug-likeness (QED) is 0.644. The first kappa shape index (κ1) is 17.2. The summed E-state index contributed by atoms with van der Waals surface area (Å²) in [6.07, 6.45) is 3.54. The molecule has 28 heavy (non-hydrogen) atoms. The number of nitrogens with one attached hydrogen (secondary N) is 1. The molecule has 1 aromatic heterocycles. The highest BCUT2D eigenvalue weighted by Gasteiger charge is 2.53. The minimum absolute atomic E-state index is 0.0464. The second-order valence-electron chi connectivity index (χ2n) is 6.91. The van der Waals surface area contributed by atoms with Crippen molar-refractivity contribution in [3.8, 4) is 22.8 Å². The number of carbonyl (C=O) groups is 1. The Kier molecular flexibility index (Phi) is 4.05. The Bertz CT molecular complexity index is 1040. The minimum atomic E-state index is -0.615. The second-order valence-corrected chi connectivity index (χ2v) is 7.79. The van der Waals surface area contributed by atoms with E-state index in [-0.39, 0.29) is 12.7 Å². The number of hydrogen-bond acceptors (Lipinski definition) is 6. The molecule has 0 unspecified atom stereocenters. The van der Waals surface area contributed by atoms with E-state index in [1.165, 1.54) is 0 Å². The van der Waals surface area contributed by atoms with Gasteiger partial charge in [-0.05, 0) is 61.6 Å². The molecular weight excluding hydrogens is 376 g/mol. The fraction of sp³-hybridized carbons (Fsp3) is 0.238. The van der Waals surface area contributed by atoms with Crippen LogP contribution in [-0.2, 0) is 10.2 Å². The molecule has 3 aromatic rings. The number of hydrogen-bond donors (Lipinski definition) is 1. The molecule has 2 aliphatic rings. The second kappa shape index (κ2) is 6.60. The van der Waals surface area contributed by atoms with E-state index in [4.69, 9.17) is 14.0 Å². The summed E-state index contributed by atoms with van der Waals surface area (Å²) in [5.74, 6) is 1.96. The summed E-state index contributed by atoms with van der Waals surface area (Å²) >= 11 is 1.67. The van der Waals surface area contributed by atoms with Gasteiger partial charge in [-0.3, -0.25) is 4.79 Å². The number of amides is 1. The van der Waals surface area contributed by atoms with Gasteiger partial charge in [-0.25, -0.2) is 0 Å². The molecule has 0 radical (unpaired) electrons. The zero-order chi connectivity index (χ0) is 19.1. The van der Waals surface area contributed by atoms with Crippen LogP contribution in [0, 0.1) is 0 Å². The molecule has 6 nitrogen and oxygen atoms in total. The van der Waals surface area contributed by atoms with Crippen LogP contribution in [0.1, 0.15) is 18.5 Å². The minimum Gasteiger partial charge on any atom is -0.454 e. The van der Waals surface area contributed by atoms with Crippen LogP contribution >= 0.6 is 11.8 Å². The van der Waals surface area contributed by atoms with E-state index in [1.807, 2.05) is 54.8 Å². The number of thioether (sulfide) groups is 1. The van der Waals surface area contributed by atoms with Crippen molar-refractivity contribution in [1.29, 1.82) is 0 Å². The highest BCUT2D eigenvalue weighted by molar-refractivity contribution is 7.98. The van der Waals surface area contributed by atoms with E-state index >= 15 is 0 Å². The van der Waals surface area contributed by atoms with Gasteiger partial charge in [0.2, 0.25) is 12.7 Å². The molecule has 0 bridgehead atoms. The van der Waals surface area contributed by atoms with Crippen molar-refractivity contribution in [2.24, 2.45) is 0 Å². The summed E-state index contributed by atoms with van der Waals surface area (Å²) in [4.78, 5) is 14.1. The zero-order valence-electron chi connectivity index (χ0n) is 15.2. The standard InChI is InChI=1S/C21H18N2O4S/c1-28-15-5-3-14(4-6-15)22-20(24)21(8-9-21)19-11-17(27-23-19)13-2-7-16-18(10-13)26-12-25-16/h2-7,10-11H,8-9,12H2,1H3,(H,22,24). The molecule has 2 aromatic carbocycles. The summed E-state index contributed by atoms with van der Waals surface area (Å²) in [7, 11) is 0. The molecular formula is C21H18N2O4S. The maximum absolute atomic E-state index is 12.9. The lowest BCUT2D eigenvalue weighted by Crippen LogP contribution is -2.28. The molecule has 1 fully saturated rings. The van der Waals surface area contributed by atoms with Crippen LogP contribution in [0.5, 0.6) is 11.5 Å².